The van der Waals surface area contributed by atoms with E-state index in [9.17, 15) is 14.7 Å². The molecule has 1 amide bonds. The molecule has 4 N–H and O–H groups in total. The standard InChI is InChI=1S/C14H20N2O4/c1-2-3-8-15-11(14(19)20)9-13(18)16-10-6-4-5-7-12(10)17/h4-7,11,15,17H,2-3,8-9H2,1H3,(H,16,18)(H,19,20). The molecule has 1 unspecified atom stereocenters. The highest BCUT2D eigenvalue weighted by Crippen LogP contribution is 2.21. The number of aromatic hydroxyl groups is 1. The third kappa shape index (κ3) is 5.27. The highest BCUT2D eigenvalue weighted by molar-refractivity contribution is 5.95. The van der Waals surface area contributed by atoms with E-state index in [0.29, 0.717) is 6.54 Å². The molecule has 6 nitrogen and oxygen atoms in total. The van der Waals surface area contributed by atoms with Crippen LogP contribution in [0, 0.1) is 0 Å². The SMILES string of the molecule is CCCCNC(CC(=O)Nc1ccccc1O)C(=O)O. The minimum atomic E-state index is -1.06. The van der Waals surface area contributed by atoms with Crippen molar-refractivity contribution in [1.82, 2.24) is 5.32 Å². The maximum absolute atomic E-state index is 11.8. The van der Waals surface area contributed by atoms with Gasteiger partial charge in [-0.15, -0.1) is 0 Å². The van der Waals surface area contributed by atoms with E-state index in [2.05, 4.69) is 10.6 Å². The number of aliphatic carboxylic acids is 1. The number of para-hydroxylation sites is 2. The number of amides is 1. The van der Waals surface area contributed by atoms with Crippen LogP contribution in [0.1, 0.15) is 26.2 Å². The van der Waals surface area contributed by atoms with E-state index in [0.717, 1.165) is 12.8 Å². The van der Waals surface area contributed by atoms with Crippen LogP contribution in [0.2, 0.25) is 0 Å². The summed E-state index contributed by atoms with van der Waals surface area (Å²) in [6.07, 6.45) is 1.61. The number of carbonyl (C=O) groups is 2. The molecule has 1 atom stereocenters. The Balaban J connectivity index is 2.54. The first kappa shape index (κ1) is 16.0. The fourth-order valence-electron chi connectivity index (χ4n) is 1.67. The molecule has 0 bridgehead atoms. The Bertz CT molecular complexity index is 462. The first-order valence-electron chi connectivity index (χ1n) is 6.58. The van der Waals surface area contributed by atoms with Crippen LogP contribution in [0.25, 0.3) is 0 Å². The van der Waals surface area contributed by atoms with Crippen LogP contribution in [0.15, 0.2) is 24.3 Å². The number of hydrogen-bond donors (Lipinski definition) is 4. The van der Waals surface area contributed by atoms with Crippen LogP contribution in [0.3, 0.4) is 0 Å². The monoisotopic (exact) mass is 280 g/mol. The van der Waals surface area contributed by atoms with Gasteiger partial charge in [-0.25, -0.2) is 0 Å². The molecule has 6 heteroatoms. The first-order chi connectivity index (χ1) is 9.54. The Labute approximate surface area is 117 Å². The number of unbranched alkanes of at least 4 members (excludes halogenated alkanes) is 1. The topological polar surface area (TPSA) is 98.7 Å². The molecule has 0 saturated carbocycles. The molecule has 110 valence electrons. The molecule has 0 aliphatic rings. The summed E-state index contributed by atoms with van der Waals surface area (Å²) < 4.78 is 0. The van der Waals surface area contributed by atoms with E-state index < -0.39 is 17.9 Å². The number of phenolic OH excluding ortho intramolecular Hbond substituents is 1. The molecule has 0 aliphatic carbocycles. The first-order valence-corrected chi connectivity index (χ1v) is 6.58. The largest absolute Gasteiger partial charge is 0.506 e. The summed E-state index contributed by atoms with van der Waals surface area (Å²) in [4.78, 5) is 22.8. The minimum Gasteiger partial charge on any atom is -0.506 e. The molecule has 1 rings (SSSR count). The van der Waals surface area contributed by atoms with E-state index >= 15 is 0 Å². The molecular weight excluding hydrogens is 260 g/mol. The van der Waals surface area contributed by atoms with Gasteiger partial charge in [0, 0.05) is 0 Å². The normalized spacial score (nSPS) is 11.8. The maximum Gasteiger partial charge on any atom is 0.321 e. The quantitative estimate of drug-likeness (QED) is 0.428. The Morgan fingerprint density at radius 1 is 1.30 bits per heavy atom. The second-order valence-electron chi connectivity index (χ2n) is 4.47. The van der Waals surface area contributed by atoms with E-state index in [1.807, 2.05) is 6.92 Å². The number of hydrogen-bond acceptors (Lipinski definition) is 4. The summed E-state index contributed by atoms with van der Waals surface area (Å²) in [5, 5.41) is 23.9. The van der Waals surface area contributed by atoms with Gasteiger partial charge >= 0.3 is 5.97 Å². The molecule has 0 radical (unpaired) electrons. The van der Waals surface area contributed by atoms with E-state index in [1.54, 1.807) is 18.2 Å². The van der Waals surface area contributed by atoms with Gasteiger partial charge in [0.15, 0.2) is 0 Å². The Hall–Kier alpha value is -2.08. The average molecular weight is 280 g/mol. The molecule has 0 heterocycles. The summed E-state index contributed by atoms with van der Waals surface area (Å²) in [7, 11) is 0. The second kappa shape index (κ2) is 8.16. The summed E-state index contributed by atoms with van der Waals surface area (Å²) in [5.41, 5.74) is 0.273. The van der Waals surface area contributed by atoms with Crippen molar-refractivity contribution in [2.75, 3.05) is 11.9 Å². The van der Waals surface area contributed by atoms with Crippen molar-refractivity contribution < 1.29 is 19.8 Å². The smallest absolute Gasteiger partial charge is 0.321 e. The third-order valence-corrected chi connectivity index (χ3v) is 2.79. The summed E-state index contributed by atoms with van der Waals surface area (Å²) in [6.45, 7) is 2.56. The van der Waals surface area contributed by atoms with Crippen molar-refractivity contribution in [3.63, 3.8) is 0 Å². The van der Waals surface area contributed by atoms with E-state index in [4.69, 9.17) is 5.11 Å². The van der Waals surface area contributed by atoms with Crippen LogP contribution in [0.4, 0.5) is 5.69 Å². The van der Waals surface area contributed by atoms with Gasteiger partial charge in [-0.2, -0.15) is 0 Å². The van der Waals surface area contributed by atoms with Crippen molar-refractivity contribution in [1.29, 1.82) is 0 Å². The lowest BCUT2D eigenvalue weighted by atomic mass is 10.2. The number of carboxylic acids is 1. The Morgan fingerprint density at radius 2 is 2.00 bits per heavy atom. The lowest BCUT2D eigenvalue weighted by Gasteiger charge is -2.14. The summed E-state index contributed by atoms with van der Waals surface area (Å²) >= 11 is 0. The maximum atomic E-state index is 11.8. The number of benzene rings is 1. The second-order valence-corrected chi connectivity index (χ2v) is 4.47. The lowest BCUT2D eigenvalue weighted by molar-refractivity contribution is -0.141. The number of carboxylic acid groups (broad SMARTS) is 1. The van der Waals surface area contributed by atoms with Gasteiger partial charge in [0.2, 0.25) is 5.91 Å². The van der Waals surface area contributed by atoms with Gasteiger partial charge in [0.25, 0.3) is 0 Å². The van der Waals surface area contributed by atoms with Gasteiger partial charge in [-0.1, -0.05) is 25.5 Å². The fourth-order valence-corrected chi connectivity index (χ4v) is 1.67. The molecule has 0 saturated heterocycles. The van der Waals surface area contributed by atoms with Gasteiger partial charge in [-0.05, 0) is 25.1 Å². The number of nitrogens with one attached hydrogen (secondary N) is 2. The molecule has 1 aromatic carbocycles. The summed E-state index contributed by atoms with van der Waals surface area (Å²) in [5.74, 6) is -1.57. The molecule has 0 aliphatic heterocycles. The van der Waals surface area contributed by atoms with Crippen LogP contribution in [-0.2, 0) is 9.59 Å². The van der Waals surface area contributed by atoms with Crippen molar-refractivity contribution >= 4 is 17.6 Å². The van der Waals surface area contributed by atoms with Gasteiger partial charge < -0.3 is 20.8 Å². The van der Waals surface area contributed by atoms with E-state index in [1.165, 1.54) is 6.07 Å². The molecule has 20 heavy (non-hydrogen) atoms. The Morgan fingerprint density at radius 3 is 2.60 bits per heavy atom. The van der Waals surface area contributed by atoms with Crippen molar-refractivity contribution in [2.24, 2.45) is 0 Å². The zero-order valence-electron chi connectivity index (χ0n) is 11.4. The number of anilines is 1. The molecule has 0 aromatic heterocycles. The highest BCUT2D eigenvalue weighted by Gasteiger charge is 2.20. The van der Waals surface area contributed by atoms with Gasteiger partial charge in [0.05, 0.1) is 12.1 Å². The van der Waals surface area contributed by atoms with Crippen LogP contribution >= 0.6 is 0 Å². The van der Waals surface area contributed by atoms with Crippen LogP contribution < -0.4 is 10.6 Å². The van der Waals surface area contributed by atoms with Crippen LogP contribution in [0.5, 0.6) is 5.75 Å². The summed E-state index contributed by atoms with van der Waals surface area (Å²) in [6, 6.07) is 5.38. The average Bonchev–Trinajstić information content (AvgIpc) is 2.40. The van der Waals surface area contributed by atoms with Gasteiger partial charge in [-0.3, -0.25) is 9.59 Å². The fraction of sp³-hybridized carbons (Fsp3) is 0.429. The zero-order valence-corrected chi connectivity index (χ0v) is 11.4. The number of phenols is 1. The highest BCUT2D eigenvalue weighted by atomic mass is 16.4. The predicted molar refractivity (Wildman–Crippen MR) is 75.7 cm³/mol. The number of carbonyl (C=O) groups excluding carboxylic acids is 1. The lowest BCUT2D eigenvalue weighted by Crippen LogP contribution is -2.40. The van der Waals surface area contributed by atoms with Crippen molar-refractivity contribution in [3.8, 4) is 5.75 Å². The predicted octanol–water partition coefficient (Wildman–Crippen LogP) is 1.56. The zero-order chi connectivity index (χ0) is 15.0. The Kier molecular flexibility index (Phi) is 6.52. The van der Waals surface area contributed by atoms with E-state index in [-0.39, 0.29) is 17.9 Å². The van der Waals surface area contributed by atoms with Crippen molar-refractivity contribution in [3.05, 3.63) is 24.3 Å². The van der Waals surface area contributed by atoms with Crippen molar-refractivity contribution in [2.45, 2.75) is 32.2 Å². The molecule has 0 spiro atoms. The van der Waals surface area contributed by atoms with Gasteiger partial charge in [0.1, 0.15) is 11.8 Å². The van der Waals surface area contributed by atoms with Crippen LogP contribution in [-0.4, -0.2) is 34.7 Å². The molecule has 0 fully saturated rings. The number of rotatable bonds is 8. The molecular formula is C14H20N2O4. The third-order valence-electron chi connectivity index (χ3n) is 2.79. The molecule has 1 aromatic rings. The minimum absolute atomic E-state index is 0.0494.